The Morgan fingerprint density at radius 3 is 2.08 bits per heavy atom. The Bertz CT molecular complexity index is 587. The number of anilines is 1. The van der Waals surface area contributed by atoms with Crippen LogP contribution in [0.25, 0.3) is 0 Å². The van der Waals surface area contributed by atoms with E-state index in [-0.39, 0.29) is 23.4 Å². The molecule has 3 amide bonds. The molecule has 144 valence electrons. The molecule has 0 heterocycles. The molecule has 1 rings (SSSR count). The molecule has 1 atom stereocenters. The molecule has 0 radical (unpaired) electrons. The van der Waals surface area contributed by atoms with Crippen molar-refractivity contribution in [3.05, 3.63) is 29.8 Å². The summed E-state index contributed by atoms with van der Waals surface area (Å²) in [6, 6.07) is 5.68. The summed E-state index contributed by atoms with van der Waals surface area (Å²) in [7, 11) is 0. The predicted molar refractivity (Wildman–Crippen MR) is 101 cm³/mol. The first kappa shape index (κ1) is 21.5. The summed E-state index contributed by atoms with van der Waals surface area (Å²) < 4.78 is 0. The summed E-state index contributed by atoms with van der Waals surface area (Å²) in [6.45, 7) is 5.19. The van der Waals surface area contributed by atoms with Crippen LogP contribution in [-0.2, 0) is 4.79 Å². The molecule has 0 saturated carbocycles. The highest BCUT2D eigenvalue weighted by molar-refractivity contribution is 5.91. The minimum Gasteiger partial charge on any atom is -0.478 e. The van der Waals surface area contributed by atoms with E-state index in [1.165, 1.54) is 12.1 Å². The fourth-order valence-electron chi connectivity index (χ4n) is 2.25. The summed E-state index contributed by atoms with van der Waals surface area (Å²) in [6.07, 6.45) is 4.63. The van der Waals surface area contributed by atoms with Crippen molar-refractivity contribution < 1.29 is 19.5 Å². The highest BCUT2D eigenvalue weighted by Gasteiger charge is 2.08. The average Bonchev–Trinajstić information content (AvgIpc) is 2.63. The molecule has 1 aromatic rings. The quantitative estimate of drug-likeness (QED) is 0.453. The number of carboxylic acid groups (broad SMARTS) is 1. The van der Waals surface area contributed by atoms with Gasteiger partial charge in [0.05, 0.1) is 5.56 Å². The van der Waals surface area contributed by atoms with Crippen LogP contribution in [0.3, 0.4) is 0 Å². The van der Waals surface area contributed by atoms with Gasteiger partial charge in [-0.15, -0.1) is 0 Å². The van der Waals surface area contributed by atoms with Gasteiger partial charge >= 0.3 is 12.0 Å². The minimum absolute atomic E-state index is 0.0676. The summed E-state index contributed by atoms with van der Waals surface area (Å²) in [5.74, 6) is -0.819. The molecule has 0 aliphatic carbocycles. The van der Waals surface area contributed by atoms with Gasteiger partial charge in [0.1, 0.15) is 0 Å². The van der Waals surface area contributed by atoms with E-state index in [0.717, 1.165) is 32.1 Å². The number of carbonyl (C=O) groups is 3. The summed E-state index contributed by atoms with van der Waals surface area (Å²) in [5, 5.41) is 17.2. The molecule has 26 heavy (non-hydrogen) atoms. The Balaban J connectivity index is 2.06. The third-order valence-electron chi connectivity index (χ3n) is 4.14. The molecule has 0 fully saturated rings. The lowest BCUT2D eigenvalue weighted by Crippen LogP contribution is -2.30. The molecule has 0 spiro atoms. The Labute approximate surface area is 154 Å². The van der Waals surface area contributed by atoms with Gasteiger partial charge in [-0.2, -0.15) is 0 Å². The van der Waals surface area contributed by atoms with Gasteiger partial charge in [0, 0.05) is 24.7 Å². The summed E-state index contributed by atoms with van der Waals surface area (Å²) in [4.78, 5) is 34.1. The van der Waals surface area contributed by atoms with E-state index in [1.807, 2.05) is 13.8 Å². The van der Waals surface area contributed by atoms with Crippen LogP contribution in [0, 0.1) is 5.92 Å². The van der Waals surface area contributed by atoms with Crippen molar-refractivity contribution in [2.24, 2.45) is 5.92 Å². The smallest absolute Gasteiger partial charge is 0.335 e. The molecule has 0 bridgehead atoms. The van der Waals surface area contributed by atoms with Crippen LogP contribution in [0.15, 0.2) is 24.3 Å². The molecule has 7 heteroatoms. The molecule has 0 saturated heterocycles. The highest BCUT2D eigenvalue weighted by atomic mass is 16.4. The zero-order valence-electron chi connectivity index (χ0n) is 15.5. The Morgan fingerprint density at radius 2 is 1.54 bits per heavy atom. The van der Waals surface area contributed by atoms with Gasteiger partial charge in [0.2, 0.25) is 5.91 Å². The van der Waals surface area contributed by atoms with Crippen LogP contribution in [-0.4, -0.2) is 36.1 Å². The first-order chi connectivity index (χ1) is 12.4. The normalized spacial score (nSPS) is 11.5. The lowest BCUT2D eigenvalue weighted by Gasteiger charge is -2.10. The van der Waals surface area contributed by atoms with E-state index in [2.05, 4.69) is 16.0 Å². The topological polar surface area (TPSA) is 108 Å². The largest absolute Gasteiger partial charge is 0.478 e. The van der Waals surface area contributed by atoms with Gasteiger partial charge in [0.15, 0.2) is 0 Å². The second kappa shape index (κ2) is 11.9. The fraction of sp³-hybridized carbons (Fsp3) is 0.526. The Kier molecular flexibility index (Phi) is 9.82. The molecule has 7 nitrogen and oxygen atoms in total. The maximum Gasteiger partial charge on any atom is 0.335 e. The van der Waals surface area contributed by atoms with Crippen molar-refractivity contribution in [1.29, 1.82) is 0 Å². The number of aromatic carboxylic acids is 1. The second-order valence-corrected chi connectivity index (χ2v) is 6.28. The van der Waals surface area contributed by atoms with E-state index in [0.29, 0.717) is 18.8 Å². The highest BCUT2D eigenvalue weighted by Crippen LogP contribution is 2.09. The lowest BCUT2D eigenvalue weighted by molar-refractivity contribution is -0.124. The van der Waals surface area contributed by atoms with E-state index in [4.69, 9.17) is 5.11 Å². The van der Waals surface area contributed by atoms with Gasteiger partial charge in [-0.3, -0.25) is 4.79 Å². The first-order valence-corrected chi connectivity index (χ1v) is 9.10. The fourth-order valence-corrected chi connectivity index (χ4v) is 2.25. The van der Waals surface area contributed by atoms with Gasteiger partial charge in [-0.05, 0) is 43.5 Å². The van der Waals surface area contributed by atoms with E-state index in [1.54, 1.807) is 12.1 Å². The minimum atomic E-state index is -1.000. The van der Waals surface area contributed by atoms with Gasteiger partial charge in [0.25, 0.3) is 0 Å². The van der Waals surface area contributed by atoms with Crippen LogP contribution >= 0.6 is 0 Å². The molecular weight excluding hydrogens is 334 g/mol. The maximum absolute atomic E-state index is 11.7. The zero-order valence-corrected chi connectivity index (χ0v) is 15.5. The SMILES string of the molecule is CCC(C)C(=O)NCCCCCCNC(=O)Nc1ccc(C(=O)O)cc1. The number of carbonyl (C=O) groups excluding carboxylic acids is 2. The number of amides is 3. The van der Waals surface area contributed by atoms with Gasteiger partial charge < -0.3 is 21.1 Å². The zero-order chi connectivity index (χ0) is 19.4. The van der Waals surface area contributed by atoms with E-state index >= 15 is 0 Å². The third kappa shape index (κ3) is 8.50. The van der Waals surface area contributed by atoms with Crippen molar-refractivity contribution in [2.45, 2.75) is 46.0 Å². The number of hydrogen-bond donors (Lipinski definition) is 4. The van der Waals surface area contributed by atoms with Crippen LogP contribution in [0.4, 0.5) is 10.5 Å². The number of unbranched alkanes of at least 4 members (excludes halogenated alkanes) is 3. The number of urea groups is 1. The third-order valence-corrected chi connectivity index (χ3v) is 4.14. The average molecular weight is 363 g/mol. The van der Waals surface area contributed by atoms with Crippen molar-refractivity contribution in [3.63, 3.8) is 0 Å². The number of benzene rings is 1. The molecule has 1 unspecified atom stereocenters. The number of carboxylic acids is 1. The van der Waals surface area contributed by atoms with Crippen LogP contribution in [0.5, 0.6) is 0 Å². The van der Waals surface area contributed by atoms with E-state index in [9.17, 15) is 14.4 Å². The van der Waals surface area contributed by atoms with Crippen molar-refractivity contribution in [1.82, 2.24) is 10.6 Å². The van der Waals surface area contributed by atoms with Crippen molar-refractivity contribution in [3.8, 4) is 0 Å². The van der Waals surface area contributed by atoms with Gasteiger partial charge in [-0.25, -0.2) is 9.59 Å². The maximum atomic E-state index is 11.7. The van der Waals surface area contributed by atoms with Crippen molar-refractivity contribution >= 4 is 23.6 Å². The lowest BCUT2D eigenvalue weighted by atomic mass is 10.1. The molecule has 1 aromatic carbocycles. The summed E-state index contributed by atoms with van der Waals surface area (Å²) in [5.41, 5.74) is 0.723. The second-order valence-electron chi connectivity index (χ2n) is 6.28. The Hall–Kier alpha value is -2.57. The van der Waals surface area contributed by atoms with Gasteiger partial charge in [-0.1, -0.05) is 26.7 Å². The Morgan fingerprint density at radius 1 is 0.962 bits per heavy atom. The number of nitrogens with one attached hydrogen (secondary N) is 3. The van der Waals surface area contributed by atoms with E-state index < -0.39 is 5.97 Å². The number of hydrogen-bond acceptors (Lipinski definition) is 3. The molecule has 4 N–H and O–H groups in total. The number of rotatable bonds is 11. The molecule has 0 aromatic heterocycles. The molecular formula is C19H29N3O4. The standard InChI is InChI=1S/C19H29N3O4/c1-3-14(2)17(23)20-12-6-4-5-7-13-21-19(26)22-16-10-8-15(9-11-16)18(24)25/h8-11,14H,3-7,12-13H2,1-2H3,(H,20,23)(H,24,25)(H2,21,22,26). The summed E-state index contributed by atoms with van der Waals surface area (Å²) >= 11 is 0. The van der Waals surface area contributed by atoms with Crippen molar-refractivity contribution in [2.75, 3.05) is 18.4 Å². The van der Waals surface area contributed by atoms with Crippen LogP contribution in [0.1, 0.15) is 56.3 Å². The molecule has 0 aliphatic rings. The first-order valence-electron chi connectivity index (χ1n) is 9.10. The molecule has 0 aliphatic heterocycles. The van der Waals surface area contributed by atoms with Crippen LogP contribution in [0.2, 0.25) is 0 Å². The van der Waals surface area contributed by atoms with Crippen LogP contribution < -0.4 is 16.0 Å². The monoisotopic (exact) mass is 363 g/mol. The predicted octanol–water partition coefficient (Wildman–Crippen LogP) is 3.23.